The molecule has 0 aliphatic heterocycles. The van der Waals surface area contributed by atoms with Crippen molar-refractivity contribution in [1.29, 1.82) is 0 Å². The van der Waals surface area contributed by atoms with Crippen molar-refractivity contribution in [2.24, 2.45) is 0 Å². The van der Waals surface area contributed by atoms with Crippen LogP contribution in [0.2, 0.25) is 0 Å². The number of thioether (sulfide) groups is 1. The summed E-state index contributed by atoms with van der Waals surface area (Å²) in [5.74, 6) is 2.18. The van der Waals surface area contributed by atoms with Gasteiger partial charge in [0.05, 0.1) is 6.61 Å². The second kappa shape index (κ2) is 9.10. The summed E-state index contributed by atoms with van der Waals surface area (Å²) in [4.78, 5) is 0. The molecule has 1 atom stereocenters. The zero-order valence-corrected chi connectivity index (χ0v) is 8.82. The molecule has 3 heteroatoms. The van der Waals surface area contributed by atoms with E-state index < -0.39 is 0 Å². The molecular formula is C9H19NOS. The predicted molar refractivity (Wildman–Crippen MR) is 56.9 cm³/mol. The molecular weight excluding hydrogens is 170 g/mol. The molecule has 12 heavy (non-hydrogen) atoms. The molecule has 0 aromatic rings. The van der Waals surface area contributed by atoms with Gasteiger partial charge in [0.15, 0.2) is 0 Å². The van der Waals surface area contributed by atoms with Crippen molar-refractivity contribution < 1.29 is 4.74 Å². The molecule has 0 aliphatic rings. The van der Waals surface area contributed by atoms with Crippen molar-refractivity contribution in [3.8, 4) is 0 Å². The summed E-state index contributed by atoms with van der Waals surface area (Å²) in [6.07, 6.45) is 1.93. The van der Waals surface area contributed by atoms with E-state index in [1.54, 1.807) is 7.11 Å². The number of rotatable bonds is 8. The van der Waals surface area contributed by atoms with Gasteiger partial charge < -0.3 is 10.1 Å². The van der Waals surface area contributed by atoms with Gasteiger partial charge in [0.1, 0.15) is 0 Å². The first-order chi connectivity index (χ1) is 5.81. The molecule has 0 bridgehead atoms. The Morgan fingerprint density at radius 1 is 1.67 bits per heavy atom. The molecule has 0 aromatic heterocycles. The second-order valence-corrected chi connectivity index (χ2v) is 3.82. The van der Waals surface area contributed by atoms with Gasteiger partial charge in [-0.3, -0.25) is 0 Å². The number of methoxy groups -OCH3 is 1. The van der Waals surface area contributed by atoms with Gasteiger partial charge in [-0.2, -0.15) is 11.8 Å². The average molecular weight is 189 g/mol. The molecule has 0 rings (SSSR count). The van der Waals surface area contributed by atoms with Crippen LogP contribution in [0.5, 0.6) is 0 Å². The minimum Gasteiger partial charge on any atom is -0.383 e. The molecule has 0 saturated carbocycles. The third-order valence-corrected chi connectivity index (χ3v) is 2.36. The third kappa shape index (κ3) is 8.11. The second-order valence-electron chi connectivity index (χ2n) is 2.67. The fourth-order valence-electron chi connectivity index (χ4n) is 0.853. The highest BCUT2D eigenvalue weighted by Crippen LogP contribution is 1.97. The lowest BCUT2D eigenvalue weighted by Gasteiger charge is -2.11. The SMILES string of the molecule is C=CCSCCNC(C)COC. The van der Waals surface area contributed by atoms with Crippen molar-refractivity contribution in [3.05, 3.63) is 12.7 Å². The minimum absolute atomic E-state index is 0.458. The van der Waals surface area contributed by atoms with Gasteiger partial charge in [-0.15, -0.1) is 6.58 Å². The molecule has 0 saturated heterocycles. The van der Waals surface area contributed by atoms with Gasteiger partial charge >= 0.3 is 0 Å². The monoisotopic (exact) mass is 189 g/mol. The van der Waals surface area contributed by atoms with Crippen LogP contribution in [-0.2, 0) is 4.74 Å². The van der Waals surface area contributed by atoms with Crippen LogP contribution in [0.1, 0.15) is 6.92 Å². The zero-order valence-electron chi connectivity index (χ0n) is 8.01. The van der Waals surface area contributed by atoms with Crippen LogP contribution in [0.15, 0.2) is 12.7 Å². The van der Waals surface area contributed by atoms with Crippen molar-refractivity contribution in [2.75, 3.05) is 31.8 Å². The van der Waals surface area contributed by atoms with Crippen LogP contribution >= 0.6 is 11.8 Å². The van der Waals surface area contributed by atoms with Crippen LogP contribution in [0.4, 0.5) is 0 Å². The Bertz CT molecular complexity index is 109. The lowest BCUT2D eigenvalue weighted by Crippen LogP contribution is -2.31. The van der Waals surface area contributed by atoms with E-state index in [4.69, 9.17) is 4.74 Å². The molecule has 0 fully saturated rings. The van der Waals surface area contributed by atoms with Gasteiger partial charge in [0, 0.05) is 31.2 Å². The minimum atomic E-state index is 0.458. The van der Waals surface area contributed by atoms with Crippen molar-refractivity contribution in [3.63, 3.8) is 0 Å². The van der Waals surface area contributed by atoms with Gasteiger partial charge in [0.2, 0.25) is 0 Å². The molecule has 72 valence electrons. The van der Waals surface area contributed by atoms with Crippen LogP contribution in [0.3, 0.4) is 0 Å². The Balaban J connectivity index is 3.02. The molecule has 0 heterocycles. The molecule has 2 nitrogen and oxygen atoms in total. The van der Waals surface area contributed by atoms with Crippen molar-refractivity contribution >= 4 is 11.8 Å². The summed E-state index contributed by atoms with van der Waals surface area (Å²) in [6.45, 7) is 7.62. The largest absolute Gasteiger partial charge is 0.383 e. The lowest BCUT2D eigenvalue weighted by atomic mass is 10.4. The summed E-state index contributed by atoms with van der Waals surface area (Å²) < 4.78 is 5.00. The van der Waals surface area contributed by atoms with E-state index >= 15 is 0 Å². The highest BCUT2D eigenvalue weighted by atomic mass is 32.2. The highest BCUT2D eigenvalue weighted by Gasteiger charge is 1.97. The lowest BCUT2D eigenvalue weighted by molar-refractivity contribution is 0.173. The first kappa shape index (κ1) is 12.0. The molecule has 1 N–H and O–H groups in total. The van der Waals surface area contributed by atoms with Crippen LogP contribution < -0.4 is 5.32 Å². The molecule has 0 aliphatic carbocycles. The summed E-state index contributed by atoms with van der Waals surface area (Å²) in [5, 5.41) is 3.36. The first-order valence-electron chi connectivity index (χ1n) is 4.22. The molecule has 0 aromatic carbocycles. The highest BCUT2D eigenvalue weighted by molar-refractivity contribution is 7.99. The molecule has 0 radical (unpaired) electrons. The maximum Gasteiger partial charge on any atom is 0.0613 e. The Kier molecular flexibility index (Phi) is 9.11. The summed E-state index contributed by atoms with van der Waals surface area (Å²) >= 11 is 1.89. The Morgan fingerprint density at radius 2 is 2.42 bits per heavy atom. The summed E-state index contributed by atoms with van der Waals surface area (Å²) in [7, 11) is 1.73. The standard InChI is InChI=1S/C9H19NOS/c1-4-6-12-7-5-10-9(2)8-11-3/h4,9-10H,1,5-8H2,2-3H3. The van der Waals surface area contributed by atoms with E-state index in [0.29, 0.717) is 6.04 Å². The van der Waals surface area contributed by atoms with Gasteiger partial charge in [-0.05, 0) is 6.92 Å². The quantitative estimate of drug-likeness (QED) is 0.462. The zero-order chi connectivity index (χ0) is 9.23. The van der Waals surface area contributed by atoms with E-state index in [9.17, 15) is 0 Å². The van der Waals surface area contributed by atoms with E-state index in [1.165, 1.54) is 0 Å². The Morgan fingerprint density at radius 3 is 3.00 bits per heavy atom. The van der Waals surface area contributed by atoms with Crippen molar-refractivity contribution in [2.45, 2.75) is 13.0 Å². The third-order valence-electron chi connectivity index (χ3n) is 1.39. The molecule has 1 unspecified atom stereocenters. The topological polar surface area (TPSA) is 21.3 Å². The van der Waals surface area contributed by atoms with Crippen molar-refractivity contribution in [1.82, 2.24) is 5.32 Å². The number of hydrogen-bond acceptors (Lipinski definition) is 3. The van der Waals surface area contributed by atoms with E-state index in [1.807, 2.05) is 17.8 Å². The number of nitrogens with one attached hydrogen (secondary N) is 1. The van der Waals surface area contributed by atoms with E-state index in [-0.39, 0.29) is 0 Å². The summed E-state index contributed by atoms with van der Waals surface area (Å²) in [6, 6.07) is 0.458. The fourth-order valence-corrected chi connectivity index (χ4v) is 1.45. The maximum atomic E-state index is 5.00. The van der Waals surface area contributed by atoms with E-state index in [2.05, 4.69) is 18.8 Å². The molecule has 0 spiro atoms. The first-order valence-corrected chi connectivity index (χ1v) is 5.37. The van der Waals surface area contributed by atoms with Crippen LogP contribution in [0.25, 0.3) is 0 Å². The molecule has 0 amide bonds. The number of hydrogen-bond donors (Lipinski definition) is 1. The predicted octanol–water partition coefficient (Wildman–Crippen LogP) is 1.53. The van der Waals surface area contributed by atoms with Gasteiger partial charge in [-0.25, -0.2) is 0 Å². The van der Waals surface area contributed by atoms with Crippen LogP contribution in [-0.4, -0.2) is 37.8 Å². The summed E-state index contributed by atoms with van der Waals surface area (Å²) in [5.41, 5.74) is 0. The smallest absolute Gasteiger partial charge is 0.0613 e. The fraction of sp³-hybridized carbons (Fsp3) is 0.778. The Hall–Kier alpha value is 0.01000. The Labute approximate surface area is 79.8 Å². The van der Waals surface area contributed by atoms with Gasteiger partial charge in [-0.1, -0.05) is 6.08 Å². The van der Waals surface area contributed by atoms with Crippen LogP contribution in [0, 0.1) is 0 Å². The number of ether oxygens (including phenoxy) is 1. The maximum absolute atomic E-state index is 5.00. The van der Waals surface area contributed by atoms with Gasteiger partial charge in [0.25, 0.3) is 0 Å². The average Bonchev–Trinajstić information content (AvgIpc) is 2.05. The normalized spacial score (nSPS) is 12.8. The van der Waals surface area contributed by atoms with E-state index in [0.717, 1.165) is 24.7 Å².